The first kappa shape index (κ1) is 25.0. The van der Waals surface area contributed by atoms with Crippen LogP contribution in [0.2, 0.25) is 24.7 Å². The topological polar surface area (TPSA) is 21.8 Å². The highest BCUT2D eigenvalue weighted by molar-refractivity contribution is 6.99. The van der Waals surface area contributed by atoms with Crippen LogP contribution in [0.4, 0.5) is 0 Å². The Morgan fingerprint density at radius 1 is 0.938 bits per heavy atom. The quantitative estimate of drug-likeness (QED) is 0.214. The van der Waals surface area contributed by atoms with Crippen molar-refractivity contribution in [3.05, 3.63) is 60.7 Å². The summed E-state index contributed by atoms with van der Waals surface area (Å²) in [6.07, 6.45) is 3.34. The Bertz CT molecular complexity index is 893. The van der Waals surface area contributed by atoms with Gasteiger partial charge in [0.25, 0.3) is 8.32 Å². The summed E-state index contributed by atoms with van der Waals surface area (Å²) in [4.78, 5) is 0. The smallest absolute Gasteiger partial charge is 0.261 e. The fraction of sp³-hybridized carbons (Fsp3) is 0.500. The number of epoxide rings is 1. The van der Waals surface area contributed by atoms with E-state index in [1.54, 1.807) is 0 Å². The maximum atomic E-state index is 7.14. The van der Waals surface area contributed by atoms with Gasteiger partial charge in [-0.15, -0.1) is 5.92 Å². The molecule has 3 rings (SSSR count). The molecule has 0 spiro atoms. The lowest BCUT2D eigenvalue weighted by Gasteiger charge is -2.43. The van der Waals surface area contributed by atoms with Crippen LogP contribution in [0.3, 0.4) is 0 Å². The van der Waals surface area contributed by atoms with Crippen molar-refractivity contribution in [2.75, 3.05) is 6.61 Å². The Morgan fingerprint density at radius 2 is 1.47 bits per heavy atom. The van der Waals surface area contributed by atoms with Crippen LogP contribution in [-0.4, -0.2) is 34.3 Å². The molecule has 32 heavy (non-hydrogen) atoms. The van der Waals surface area contributed by atoms with E-state index in [1.165, 1.54) is 16.8 Å². The van der Waals surface area contributed by atoms with Crippen molar-refractivity contribution in [3.8, 4) is 11.8 Å². The molecule has 0 bridgehead atoms. The summed E-state index contributed by atoms with van der Waals surface area (Å²) in [6, 6.07) is 21.7. The highest BCUT2D eigenvalue weighted by Gasteiger charge is 2.64. The van der Waals surface area contributed by atoms with Crippen molar-refractivity contribution in [3.63, 3.8) is 0 Å². The van der Waals surface area contributed by atoms with E-state index in [4.69, 9.17) is 9.16 Å². The van der Waals surface area contributed by atoms with E-state index >= 15 is 0 Å². The van der Waals surface area contributed by atoms with Gasteiger partial charge in [-0.3, -0.25) is 0 Å². The summed E-state index contributed by atoms with van der Waals surface area (Å²) in [5.41, 5.74) is 0. The molecule has 0 amide bonds. The predicted octanol–water partition coefficient (Wildman–Crippen LogP) is 5.77. The minimum Gasteiger partial charge on any atom is -0.405 e. The minimum atomic E-state index is -2.55. The lowest BCUT2D eigenvalue weighted by Crippen LogP contribution is -2.67. The molecular weight excluding hydrogens is 424 g/mol. The number of unbranched alkanes of at least 4 members (excludes halogenated alkanes) is 2. The first-order valence-corrected chi connectivity index (χ1v) is 17.4. The molecule has 2 atom stereocenters. The number of ether oxygens (including phenoxy) is 1. The third kappa shape index (κ3) is 4.82. The van der Waals surface area contributed by atoms with Crippen LogP contribution < -0.4 is 10.4 Å². The largest absolute Gasteiger partial charge is 0.405 e. The summed E-state index contributed by atoms with van der Waals surface area (Å²) in [5.74, 6) is 7.01. The number of benzene rings is 2. The Balaban J connectivity index is 1.96. The van der Waals surface area contributed by atoms with Gasteiger partial charge < -0.3 is 9.16 Å². The van der Waals surface area contributed by atoms with Gasteiger partial charge in [-0.25, -0.2) is 0 Å². The number of rotatable bonds is 8. The zero-order valence-corrected chi connectivity index (χ0v) is 23.0. The van der Waals surface area contributed by atoms with E-state index in [2.05, 4.69) is 120 Å². The van der Waals surface area contributed by atoms with Crippen molar-refractivity contribution < 1.29 is 9.16 Å². The zero-order chi connectivity index (χ0) is 23.5. The van der Waals surface area contributed by atoms with Gasteiger partial charge in [-0.2, -0.15) is 0 Å². The first-order valence-electron chi connectivity index (χ1n) is 12.0. The van der Waals surface area contributed by atoms with Gasteiger partial charge in [0.1, 0.15) is 19.4 Å². The first-order chi connectivity index (χ1) is 15.1. The van der Waals surface area contributed by atoms with Crippen LogP contribution >= 0.6 is 0 Å². The maximum absolute atomic E-state index is 7.14. The van der Waals surface area contributed by atoms with Crippen LogP contribution in [0.25, 0.3) is 0 Å². The van der Waals surface area contributed by atoms with Crippen molar-refractivity contribution in [1.82, 2.24) is 0 Å². The minimum absolute atomic E-state index is 0.0285. The number of hydrogen-bond donors (Lipinski definition) is 0. The van der Waals surface area contributed by atoms with Crippen LogP contribution in [0.15, 0.2) is 60.7 Å². The second kappa shape index (κ2) is 9.69. The second-order valence-electron chi connectivity index (χ2n) is 11.0. The van der Waals surface area contributed by atoms with Crippen LogP contribution in [0, 0.1) is 11.8 Å². The highest BCUT2D eigenvalue weighted by atomic mass is 28.4. The van der Waals surface area contributed by atoms with E-state index < -0.39 is 16.4 Å². The summed E-state index contributed by atoms with van der Waals surface area (Å²) in [7, 11) is -4.21. The van der Waals surface area contributed by atoms with Gasteiger partial charge in [0, 0.05) is 6.42 Å². The van der Waals surface area contributed by atoms with E-state index in [0.29, 0.717) is 6.61 Å². The molecule has 1 saturated heterocycles. The Kier molecular flexibility index (Phi) is 7.56. The SMILES string of the molecule is CCCCC#C[C@]1([Si](C)(C)C)O[C@@H]1CO[Si](c1ccccc1)(c1ccccc1)C(C)(C)C. The van der Waals surface area contributed by atoms with E-state index in [9.17, 15) is 0 Å². The van der Waals surface area contributed by atoms with Crippen molar-refractivity contribution in [2.45, 2.75) is 83.0 Å². The Morgan fingerprint density at radius 3 is 1.91 bits per heavy atom. The van der Waals surface area contributed by atoms with Crippen molar-refractivity contribution >= 4 is 26.8 Å². The molecule has 172 valence electrons. The second-order valence-corrected chi connectivity index (χ2v) is 20.5. The standard InChI is InChI=1S/C28H40O2Si2/c1-8-9-10-17-22-28(31(5,6)7)26(30-28)23-29-32(27(2,3)4,24-18-13-11-14-19-24)25-20-15-12-16-21-25/h11-16,18-21,26H,8-10,23H2,1-7H3/t26-,28-/m1/s1. The van der Waals surface area contributed by atoms with E-state index in [-0.39, 0.29) is 16.4 Å². The molecule has 0 unspecified atom stereocenters. The molecule has 1 aliphatic rings. The van der Waals surface area contributed by atoms with E-state index in [1.807, 2.05) is 0 Å². The van der Waals surface area contributed by atoms with Crippen molar-refractivity contribution in [1.29, 1.82) is 0 Å². The molecule has 0 saturated carbocycles. The molecule has 0 aromatic heterocycles. The molecule has 2 aromatic rings. The fourth-order valence-corrected chi connectivity index (χ4v) is 11.3. The zero-order valence-electron chi connectivity index (χ0n) is 21.0. The van der Waals surface area contributed by atoms with E-state index in [0.717, 1.165) is 12.8 Å². The van der Waals surface area contributed by atoms with Crippen molar-refractivity contribution in [2.24, 2.45) is 0 Å². The van der Waals surface area contributed by atoms with Crippen LogP contribution in [0.1, 0.15) is 47.0 Å². The Labute approximate surface area is 197 Å². The summed E-state index contributed by atoms with van der Waals surface area (Å²) < 4.78 is 13.6. The summed E-state index contributed by atoms with van der Waals surface area (Å²) in [5, 5.41) is 2.31. The van der Waals surface area contributed by atoms with Gasteiger partial charge in [0.2, 0.25) is 0 Å². The molecule has 0 N–H and O–H groups in total. The van der Waals surface area contributed by atoms with Gasteiger partial charge in [0.15, 0.2) is 0 Å². The highest BCUT2D eigenvalue weighted by Crippen LogP contribution is 2.46. The molecule has 1 fully saturated rings. The molecule has 1 heterocycles. The molecule has 0 aliphatic carbocycles. The van der Waals surface area contributed by atoms with Gasteiger partial charge >= 0.3 is 0 Å². The van der Waals surface area contributed by atoms with Crippen LogP contribution in [-0.2, 0) is 9.16 Å². The molecule has 1 aliphatic heterocycles. The molecule has 2 aromatic carbocycles. The average molecular weight is 465 g/mol. The predicted molar refractivity (Wildman–Crippen MR) is 142 cm³/mol. The lowest BCUT2D eigenvalue weighted by atomic mass is 10.2. The normalized spacial score (nSPS) is 21.0. The summed E-state index contributed by atoms with van der Waals surface area (Å²) in [6.45, 7) is 16.9. The van der Waals surface area contributed by atoms with Gasteiger partial charge in [-0.1, -0.05) is 120 Å². The third-order valence-corrected chi connectivity index (χ3v) is 14.4. The number of hydrogen-bond acceptors (Lipinski definition) is 2. The fourth-order valence-electron chi connectivity index (χ4n) is 4.72. The van der Waals surface area contributed by atoms with Crippen LogP contribution in [0.5, 0.6) is 0 Å². The molecule has 4 heteroatoms. The molecule has 2 nitrogen and oxygen atoms in total. The molecular formula is C28H40O2Si2. The average Bonchev–Trinajstić information content (AvgIpc) is 3.47. The third-order valence-electron chi connectivity index (χ3n) is 6.64. The monoisotopic (exact) mass is 464 g/mol. The summed E-state index contributed by atoms with van der Waals surface area (Å²) >= 11 is 0. The van der Waals surface area contributed by atoms with Gasteiger partial charge in [-0.05, 0) is 21.8 Å². The maximum Gasteiger partial charge on any atom is 0.261 e. The molecule has 0 radical (unpaired) electrons. The Hall–Kier alpha value is -1.65. The lowest BCUT2D eigenvalue weighted by molar-refractivity contribution is 0.248. The van der Waals surface area contributed by atoms with Gasteiger partial charge in [0.05, 0.1) is 6.61 Å².